The van der Waals surface area contributed by atoms with Crippen molar-refractivity contribution < 1.29 is 4.39 Å². The Balaban J connectivity index is 2.33. The molecule has 0 saturated carbocycles. The number of nitriles is 1. The molecular weight excluding hydrogens is 410 g/mol. The summed E-state index contributed by atoms with van der Waals surface area (Å²) in [4.78, 5) is 0. The summed E-state index contributed by atoms with van der Waals surface area (Å²) in [5.41, 5.74) is 1.41. The van der Waals surface area contributed by atoms with Gasteiger partial charge in [-0.3, -0.25) is 0 Å². The molecule has 5 heteroatoms. The highest BCUT2D eigenvalue weighted by Gasteiger charge is 2.10. The van der Waals surface area contributed by atoms with Crippen LogP contribution in [0, 0.1) is 20.7 Å². The topological polar surface area (TPSA) is 35.8 Å². The lowest BCUT2D eigenvalue weighted by Gasteiger charge is -2.09. The van der Waals surface area contributed by atoms with E-state index in [2.05, 4.69) is 43.8 Å². The first-order valence-electron chi connectivity index (χ1n) is 5.02. The number of halogens is 3. The van der Waals surface area contributed by atoms with Crippen LogP contribution in [0.5, 0.6) is 0 Å². The highest BCUT2D eigenvalue weighted by atomic mass is 127. The molecule has 0 saturated heterocycles. The van der Waals surface area contributed by atoms with Crippen LogP contribution in [0.4, 0.5) is 15.8 Å². The quantitative estimate of drug-likeness (QED) is 0.713. The molecule has 2 rings (SSSR count). The van der Waals surface area contributed by atoms with Crippen LogP contribution in [0.3, 0.4) is 0 Å². The van der Waals surface area contributed by atoms with Crippen LogP contribution in [-0.2, 0) is 0 Å². The lowest BCUT2D eigenvalue weighted by molar-refractivity contribution is 0.624. The monoisotopic (exact) mass is 416 g/mol. The molecule has 0 amide bonds. The van der Waals surface area contributed by atoms with Crippen LogP contribution in [0.1, 0.15) is 5.56 Å². The number of benzene rings is 2. The van der Waals surface area contributed by atoms with Gasteiger partial charge in [-0.25, -0.2) is 4.39 Å². The molecule has 0 heterocycles. The number of hydrogen-bond donors (Lipinski definition) is 1. The average molecular weight is 417 g/mol. The van der Waals surface area contributed by atoms with Crippen molar-refractivity contribution in [1.29, 1.82) is 5.26 Å². The Kier molecular flexibility index (Phi) is 4.19. The summed E-state index contributed by atoms with van der Waals surface area (Å²) < 4.78 is 15.2. The molecule has 18 heavy (non-hydrogen) atoms. The van der Waals surface area contributed by atoms with Crippen molar-refractivity contribution >= 4 is 49.9 Å². The summed E-state index contributed by atoms with van der Waals surface area (Å²) in [7, 11) is 0. The third kappa shape index (κ3) is 2.82. The van der Waals surface area contributed by atoms with Crippen molar-refractivity contribution in [3.63, 3.8) is 0 Å². The second-order valence-electron chi connectivity index (χ2n) is 3.53. The summed E-state index contributed by atoms with van der Waals surface area (Å²) >= 11 is 5.28. The fraction of sp³-hybridized carbons (Fsp3) is 0. The molecule has 0 radical (unpaired) electrons. The van der Waals surface area contributed by atoms with Gasteiger partial charge in [0.25, 0.3) is 0 Å². The van der Waals surface area contributed by atoms with Gasteiger partial charge in [-0.2, -0.15) is 5.26 Å². The molecule has 0 bridgehead atoms. The maximum Gasteiger partial charge on any atom is 0.162 e. The normalized spacial score (nSPS) is 9.89. The van der Waals surface area contributed by atoms with E-state index in [1.165, 1.54) is 0 Å². The molecule has 0 aliphatic rings. The molecule has 2 aromatic rings. The Bertz CT molecular complexity index is 620. The van der Waals surface area contributed by atoms with Gasteiger partial charge in [-0.05, 0) is 74.9 Å². The van der Waals surface area contributed by atoms with Crippen LogP contribution in [0.2, 0.25) is 0 Å². The fourth-order valence-corrected chi connectivity index (χ4v) is 2.22. The highest BCUT2D eigenvalue weighted by Crippen LogP contribution is 2.28. The fourth-order valence-electron chi connectivity index (χ4n) is 1.42. The minimum absolute atomic E-state index is 0.181. The molecule has 0 atom stereocenters. The van der Waals surface area contributed by atoms with E-state index in [0.29, 0.717) is 5.69 Å². The van der Waals surface area contributed by atoms with Crippen LogP contribution < -0.4 is 5.32 Å². The first-order chi connectivity index (χ1) is 8.61. The van der Waals surface area contributed by atoms with Gasteiger partial charge in [0.05, 0.1) is 15.7 Å². The Morgan fingerprint density at radius 2 is 1.83 bits per heavy atom. The van der Waals surface area contributed by atoms with E-state index >= 15 is 0 Å². The van der Waals surface area contributed by atoms with Gasteiger partial charge in [0.15, 0.2) is 5.82 Å². The van der Waals surface area contributed by atoms with E-state index in [9.17, 15) is 4.39 Å². The van der Waals surface area contributed by atoms with Crippen molar-refractivity contribution in [2.45, 2.75) is 0 Å². The number of hydrogen-bond acceptors (Lipinski definition) is 2. The van der Waals surface area contributed by atoms with Crippen molar-refractivity contribution in [1.82, 2.24) is 0 Å². The lowest BCUT2D eigenvalue weighted by Crippen LogP contribution is -1.96. The van der Waals surface area contributed by atoms with E-state index in [1.807, 2.05) is 30.3 Å². The minimum atomic E-state index is -0.465. The summed E-state index contributed by atoms with van der Waals surface area (Å²) in [5, 5.41) is 11.8. The number of anilines is 2. The second kappa shape index (κ2) is 5.67. The summed E-state index contributed by atoms with van der Waals surface area (Å²) in [6.07, 6.45) is 0. The van der Waals surface area contributed by atoms with Crippen LogP contribution in [0.15, 0.2) is 40.9 Å². The standard InChI is InChI=1S/C13H7BrFIN2/c14-12-8(7-17)1-6-11(13(12)15)18-10-4-2-9(16)3-5-10/h1-6,18H. The molecule has 2 aromatic carbocycles. The van der Waals surface area contributed by atoms with Crippen molar-refractivity contribution in [2.24, 2.45) is 0 Å². The summed E-state index contributed by atoms with van der Waals surface area (Å²) in [6, 6.07) is 12.6. The Morgan fingerprint density at radius 1 is 1.17 bits per heavy atom. The SMILES string of the molecule is N#Cc1ccc(Nc2ccc(I)cc2)c(F)c1Br. The smallest absolute Gasteiger partial charge is 0.162 e. The van der Waals surface area contributed by atoms with E-state index in [4.69, 9.17) is 5.26 Å². The van der Waals surface area contributed by atoms with Gasteiger partial charge in [-0.15, -0.1) is 0 Å². The largest absolute Gasteiger partial charge is 0.353 e. The second-order valence-corrected chi connectivity index (χ2v) is 5.57. The molecule has 1 N–H and O–H groups in total. The zero-order valence-corrected chi connectivity index (χ0v) is 12.8. The van der Waals surface area contributed by atoms with E-state index in [0.717, 1.165) is 9.26 Å². The van der Waals surface area contributed by atoms with Crippen molar-refractivity contribution in [2.75, 3.05) is 5.32 Å². The molecule has 0 spiro atoms. The number of nitrogens with one attached hydrogen (secondary N) is 1. The first kappa shape index (κ1) is 13.3. The van der Waals surface area contributed by atoms with Gasteiger partial charge < -0.3 is 5.32 Å². The van der Waals surface area contributed by atoms with Gasteiger partial charge in [0.1, 0.15) is 6.07 Å². The molecule has 2 nitrogen and oxygen atoms in total. The first-order valence-corrected chi connectivity index (χ1v) is 6.89. The van der Waals surface area contributed by atoms with Gasteiger partial charge in [-0.1, -0.05) is 0 Å². The zero-order chi connectivity index (χ0) is 13.1. The van der Waals surface area contributed by atoms with Crippen molar-refractivity contribution in [3.8, 4) is 6.07 Å². The van der Waals surface area contributed by atoms with E-state index < -0.39 is 5.82 Å². The molecule has 0 unspecified atom stereocenters. The van der Waals surface area contributed by atoms with E-state index in [-0.39, 0.29) is 10.0 Å². The summed E-state index contributed by atoms with van der Waals surface area (Å²) in [5.74, 6) is -0.465. The third-order valence-electron chi connectivity index (χ3n) is 2.33. The summed E-state index contributed by atoms with van der Waals surface area (Å²) in [6.45, 7) is 0. The molecule has 0 fully saturated rings. The number of nitrogens with zero attached hydrogens (tertiary/aromatic N) is 1. The molecule has 90 valence electrons. The van der Waals surface area contributed by atoms with Crippen LogP contribution >= 0.6 is 38.5 Å². The predicted octanol–water partition coefficient (Wildman–Crippen LogP) is 4.81. The molecule has 0 aliphatic carbocycles. The zero-order valence-electron chi connectivity index (χ0n) is 9.05. The van der Waals surface area contributed by atoms with E-state index in [1.54, 1.807) is 12.1 Å². The maximum absolute atomic E-state index is 14.0. The third-order valence-corrected chi connectivity index (χ3v) is 3.82. The molecular formula is C13H7BrFIN2. The van der Waals surface area contributed by atoms with Crippen LogP contribution in [-0.4, -0.2) is 0 Å². The van der Waals surface area contributed by atoms with Gasteiger partial charge >= 0.3 is 0 Å². The molecule has 0 aromatic heterocycles. The van der Waals surface area contributed by atoms with Gasteiger partial charge in [0.2, 0.25) is 0 Å². The minimum Gasteiger partial charge on any atom is -0.353 e. The Hall–Kier alpha value is -1.13. The average Bonchev–Trinajstić information content (AvgIpc) is 2.38. The lowest BCUT2D eigenvalue weighted by atomic mass is 10.2. The maximum atomic E-state index is 14.0. The highest BCUT2D eigenvalue weighted by molar-refractivity contribution is 14.1. The predicted molar refractivity (Wildman–Crippen MR) is 81.3 cm³/mol. The Labute approximate surface area is 126 Å². The number of rotatable bonds is 2. The molecule has 0 aliphatic heterocycles. The van der Waals surface area contributed by atoms with Crippen molar-refractivity contribution in [3.05, 3.63) is 55.8 Å². The van der Waals surface area contributed by atoms with Gasteiger partial charge in [0, 0.05) is 9.26 Å². The van der Waals surface area contributed by atoms with Crippen LogP contribution in [0.25, 0.3) is 0 Å². The Morgan fingerprint density at radius 3 is 2.44 bits per heavy atom.